The van der Waals surface area contributed by atoms with Crippen molar-refractivity contribution in [2.24, 2.45) is 0 Å². The van der Waals surface area contributed by atoms with Gasteiger partial charge in [0.05, 0.1) is 5.69 Å². The average Bonchev–Trinajstić information content (AvgIpc) is 3.10. The van der Waals surface area contributed by atoms with Crippen LogP contribution in [0.1, 0.15) is 35.7 Å². The molecule has 0 fully saturated rings. The first-order valence-electron chi connectivity index (χ1n) is 6.91. The highest BCUT2D eigenvalue weighted by atomic mass is 15.4. The zero-order valence-corrected chi connectivity index (χ0v) is 12.6. The Morgan fingerprint density at radius 3 is 2.67 bits per heavy atom. The van der Waals surface area contributed by atoms with Crippen molar-refractivity contribution in [1.29, 1.82) is 0 Å². The number of hydrogen-bond donors (Lipinski definition) is 0. The third kappa shape index (κ3) is 2.44. The number of benzene rings is 1. The van der Waals surface area contributed by atoms with Crippen LogP contribution in [0.4, 0.5) is 0 Å². The van der Waals surface area contributed by atoms with Gasteiger partial charge in [0, 0.05) is 0 Å². The van der Waals surface area contributed by atoms with Crippen LogP contribution in [-0.2, 0) is 0 Å². The van der Waals surface area contributed by atoms with Gasteiger partial charge in [-0.05, 0) is 44.9 Å². The van der Waals surface area contributed by atoms with Gasteiger partial charge in [-0.25, -0.2) is 19.3 Å². The Balaban J connectivity index is 2.14. The first-order chi connectivity index (χ1) is 10.1. The average molecular weight is 282 g/mol. The standard InChI is InChI=1S/C15H18N6/c1-10-5-6-11(2)14(7-10)21-15(18-13(4)19-21)12(3)20-9-16-8-17-20/h5-9,12H,1-4H3/t12-/m1/s1. The lowest BCUT2D eigenvalue weighted by atomic mass is 10.1. The van der Waals surface area contributed by atoms with Crippen molar-refractivity contribution < 1.29 is 0 Å². The summed E-state index contributed by atoms with van der Waals surface area (Å²) < 4.78 is 3.69. The van der Waals surface area contributed by atoms with E-state index in [2.05, 4.69) is 52.2 Å². The topological polar surface area (TPSA) is 61.4 Å². The maximum atomic E-state index is 4.58. The Morgan fingerprint density at radius 2 is 1.95 bits per heavy atom. The molecule has 0 unspecified atom stereocenters. The Kier molecular flexibility index (Phi) is 3.29. The van der Waals surface area contributed by atoms with Crippen LogP contribution in [0, 0.1) is 20.8 Å². The van der Waals surface area contributed by atoms with Gasteiger partial charge in [0.1, 0.15) is 24.5 Å². The minimum Gasteiger partial charge on any atom is -0.243 e. The largest absolute Gasteiger partial charge is 0.243 e. The monoisotopic (exact) mass is 282 g/mol. The molecule has 0 radical (unpaired) electrons. The summed E-state index contributed by atoms with van der Waals surface area (Å²) in [6.07, 6.45) is 3.23. The quantitative estimate of drug-likeness (QED) is 0.740. The van der Waals surface area contributed by atoms with Crippen LogP contribution >= 0.6 is 0 Å². The Labute approximate surface area is 123 Å². The lowest BCUT2D eigenvalue weighted by Crippen LogP contribution is -2.14. The van der Waals surface area contributed by atoms with Gasteiger partial charge < -0.3 is 0 Å². The fourth-order valence-electron chi connectivity index (χ4n) is 2.36. The van der Waals surface area contributed by atoms with E-state index in [1.807, 2.05) is 18.5 Å². The van der Waals surface area contributed by atoms with Crippen molar-refractivity contribution in [3.8, 4) is 5.69 Å². The third-order valence-corrected chi connectivity index (χ3v) is 3.54. The molecule has 1 atom stereocenters. The van der Waals surface area contributed by atoms with E-state index in [1.165, 1.54) is 11.9 Å². The molecular formula is C15H18N6. The Bertz CT molecular complexity index is 757. The first kappa shape index (κ1) is 13.5. The van der Waals surface area contributed by atoms with Crippen molar-refractivity contribution in [3.63, 3.8) is 0 Å². The minimum absolute atomic E-state index is 0.0337. The predicted octanol–water partition coefficient (Wildman–Crippen LogP) is 2.39. The van der Waals surface area contributed by atoms with Gasteiger partial charge in [-0.1, -0.05) is 12.1 Å². The highest BCUT2D eigenvalue weighted by Gasteiger charge is 2.19. The second kappa shape index (κ2) is 5.12. The second-order valence-corrected chi connectivity index (χ2v) is 5.27. The summed E-state index contributed by atoms with van der Waals surface area (Å²) in [4.78, 5) is 8.58. The summed E-state index contributed by atoms with van der Waals surface area (Å²) in [5.74, 6) is 1.60. The van der Waals surface area contributed by atoms with Crippen molar-refractivity contribution >= 4 is 0 Å². The molecule has 21 heavy (non-hydrogen) atoms. The van der Waals surface area contributed by atoms with E-state index in [9.17, 15) is 0 Å². The van der Waals surface area contributed by atoms with Crippen molar-refractivity contribution in [2.75, 3.05) is 0 Å². The van der Waals surface area contributed by atoms with Crippen LogP contribution < -0.4 is 0 Å². The molecule has 0 amide bonds. The molecule has 2 heterocycles. The van der Waals surface area contributed by atoms with Crippen LogP contribution in [0.2, 0.25) is 0 Å². The van der Waals surface area contributed by atoms with Gasteiger partial charge in [-0.2, -0.15) is 10.2 Å². The normalized spacial score (nSPS) is 12.6. The van der Waals surface area contributed by atoms with Gasteiger partial charge in [-0.3, -0.25) is 0 Å². The maximum Gasteiger partial charge on any atom is 0.157 e. The molecular weight excluding hydrogens is 264 g/mol. The molecule has 0 spiro atoms. The molecule has 6 nitrogen and oxygen atoms in total. The van der Waals surface area contributed by atoms with Gasteiger partial charge >= 0.3 is 0 Å². The summed E-state index contributed by atoms with van der Waals surface area (Å²) in [5.41, 5.74) is 3.42. The van der Waals surface area contributed by atoms with E-state index < -0.39 is 0 Å². The zero-order valence-electron chi connectivity index (χ0n) is 12.6. The fraction of sp³-hybridized carbons (Fsp3) is 0.333. The number of aromatic nitrogens is 6. The SMILES string of the molecule is Cc1ccc(C)c(-n2nc(C)nc2[C@@H](C)n2cncn2)c1. The van der Waals surface area contributed by atoms with Crippen molar-refractivity contribution in [2.45, 2.75) is 33.7 Å². The van der Waals surface area contributed by atoms with E-state index in [4.69, 9.17) is 0 Å². The number of hydrogen-bond acceptors (Lipinski definition) is 4. The van der Waals surface area contributed by atoms with Crippen LogP contribution in [0.25, 0.3) is 5.69 Å². The van der Waals surface area contributed by atoms with Crippen LogP contribution in [0.3, 0.4) is 0 Å². The number of nitrogens with zero attached hydrogens (tertiary/aromatic N) is 6. The predicted molar refractivity (Wildman–Crippen MR) is 79.4 cm³/mol. The highest BCUT2D eigenvalue weighted by Crippen LogP contribution is 2.22. The Morgan fingerprint density at radius 1 is 1.14 bits per heavy atom. The van der Waals surface area contributed by atoms with Gasteiger partial charge in [0.2, 0.25) is 0 Å². The van der Waals surface area contributed by atoms with E-state index in [1.54, 1.807) is 11.0 Å². The molecule has 3 rings (SSSR count). The number of rotatable bonds is 3. The fourth-order valence-corrected chi connectivity index (χ4v) is 2.36. The molecule has 0 N–H and O–H groups in total. The lowest BCUT2D eigenvalue weighted by Gasteiger charge is -2.14. The molecule has 0 aliphatic rings. The molecule has 0 saturated heterocycles. The first-order valence-corrected chi connectivity index (χ1v) is 6.91. The maximum absolute atomic E-state index is 4.58. The molecule has 0 bridgehead atoms. The number of aryl methyl sites for hydroxylation is 3. The minimum atomic E-state index is -0.0337. The van der Waals surface area contributed by atoms with Crippen LogP contribution in [-0.4, -0.2) is 29.5 Å². The summed E-state index contributed by atoms with van der Waals surface area (Å²) in [6, 6.07) is 6.30. The molecule has 0 aliphatic heterocycles. The second-order valence-electron chi connectivity index (χ2n) is 5.27. The van der Waals surface area contributed by atoms with Crippen molar-refractivity contribution in [1.82, 2.24) is 29.5 Å². The molecule has 2 aromatic heterocycles. The summed E-state index contributed by atoms with van der Waals surface area (Å²) in [5, 5.41) is 8.76. The zero-order chi connectivity index (χ0) is 15.0. The van der Waals surface area contributed by atoms with E-state index in [-0.39, 0.29) is 6.04 Å². The van der Waals surface area contributed by atoms with E-state index in [0.29, 0.717) is 0 Å². The molecule has 3 aromatic rings. The van der Waals surface area contributed by atoms with Crippen LogP contribution in [0.15, 0.2) is 30.9 Å². The molecule has 108 valence electrons. The summed E-state index contributed by atoms with van der Waals surface area (Å²) >= 11 is 0. The molecule has 0 aliphatic carbocycles. The molecule has 0 saturated carbocycles. The lowest BCUT2D eigenvalue weighted by molar-refractivity contribution is 0.521. The van der Waals surface area contributed by atoms with Crippen molar-refractivity contribution in [3.05, 3.63) is 53.6 Å². The smallest absolute Gasteiger partial charge is 0.157 e. The molecule has 6 heteroatoms. The van der Waals surface area contributed by atoms with Crippen LogP contribution in [0.5, 0.6) is 0 Å². The van der Waals surface area contributed by atoms with Gasteiger partial charge in [0.15, 0.2) is 5.82 Å². The Hall–Kier alpha value is -2.50. The van der Waals surface area contributed by atoms with Gasteiger partial charge in [-0.15, -0.1) is 0 Å². The highest BCUT2D eigenvalue weighted by molar-refractivity contribution is 5.43. The summed E-state index contributed by atoms with van der Waals surface area (Å²) in [7, 11) is 0. The third-order valence-electron chi connectivity index (χ3n) is 3.54. The van der Waals surface area contributed by atoms with Gasteiger partial charge in [0.25, 0.3) is 0 Å². The van der Waals surface area contributed by atoms with E-state index >= 15 is 0 Å². The van der Waals surface area contributed by atoms with E-state index in [0.717, 1.165) is 22.9 Å². The summed E-state index contributed by atoms with van der Waals surface area (Å²) in [6.45, 7) is 8.10. The molecule has 1 aromatic carbocycles.